The molecule has 0 aliphatic heterocycles. The van der Waals surface area contributed by atoms with Crippen LogP contribution in [0, 0.1) is 5.41 Å². The van der Waals surface area contributed by atoms with Crippen molar-refractivity contribution in [3.63, 3.8) is 0 Å². The van der Waals surface area contributed by atoms with Crippen molar-refractivity contribution in [3.8, 4) is 0 Å². The molecule has 92 valence electrons. The summed E-state index contributed by atoms with van der Waals surface area (Å²) in [4.78, 5) is 4.72. The summed E-state index contributed by atoms with van der Waals surface area (Å²) in [5.41, 5.74) is 11.3. The van der Waals surface area contributed by atoms with Gasteiger partial charge in [0.25, 0.3) is 0 Å². The molecule has 1 aliphatic carbocycles. The van der Waals surface area contributed by atoms with Gasteiger partial charge in [-0.05, 0) is 48.9 Å². The number of rotatable bonds is 2. The molecule has 0 unspecified atom stereocenters. The third-order valence-corrected chi connectivity index (χ3v) is 3.75. The lowest BCUT2D eigenvalue weighted by atomic mass is 9.98. The zero-order valence-electron chi connectivity index (χ0n) is 10.6. The lowest BCUT2D eigenvalue weighted by molar-refractivity contribution is 0.901. The van der Waals surface area contributed by atoms with Crippen molar-refractivity contribution in [2.75, 3.05) is 0 Å². The van der Waals surface area contributed by atoms with E-state index in [-0.39, 0.29) is 5.84 Å². The maximum Gasteiger partial charge on any atom is 0.123 e. The van der Waals surface area contributed by atoms with Crippen LogP contribution in [0.4, 0.5) is 0 Å². The van der Waals surface area contributed by atoms with Crippen molar-refractivity contribution >= 4 is 16.7 Å². The molecule has 1 heterocycles. The Hall–Kier alpha value is -1.90. The van der Waals surface area contributed by atoms with Gasteiger partial charge < -0.3 is 5.73 Å². The molecular formula is C15H17N3. The zero-order chi connectivity index (χ0) is 12.7. The molecule has 3 heteroatoms. The number of fused-ring (bicyclic) bond motifs is 2. The van der Waals surface area contributed by atoms with Gasteiger partial charge in [0, 0.05) is 16.6 Å². The molecule has 0 spiro atoms. The van der Waals surface area contributed by atoms with E-state index >= 15 is 0 Å². The van der Waals surface area contributed by atoms with Crippen LogP contribution < -0.4 is 5.73 Å². The van der Waals surface area contributed by atoms with Gasteiger partial charge in [0.1, 0.15) is 5.84 Å². The van der Waals surface area contributed by atoms with Crippen molar-refractivity contribution in [3.05, 3.63) is 40.6 Å². The van der Waals surface area contributed by atoms with Gasteiger partial charge in [-0.25, -0.2) is 0 Å². The number of aryl methyl sites for hydroxylation is 2. The highest BCUT2D eigenvalue weighted by molar-refractivity contribution is 6.08. The van der Waals surface area contributed by atoms with Crippen LogP contribution in [0.2, 0.25) is 0 Å². The molecule has 0 saturated carbocycles. The Bertz CT molecular complexity index is 644. The predicted molar refractivity (Wildman–Crippen MR) is 74.2 cm³/mol. The lowest BCUT2D eigenvalue weighted by Crippen LogP contribution is -2.15. The number of aromatic nitrogens is 1. The maximum atomic E-state index is 7.86. The number of nitrogens with one attached hydrogen (secondary N) is 1. The van der Waals surface area contributed by atoms with Crippen LogP contribution in [0.1, 0.15) is 35.7 Å². The molecule has 1 aromatic heterocycles. The fourth-order valence-electron chi connectivity index (χ4n) is 2.84. The fourth-order valence-corrected chi connectivity index (χ4v) is 2.84. The highest BCUT2D eigenvalue weighted by atomic mass is 14.7. The Morgan fingerprint density at radius 3 is 2.94 bits per heavy atom. The molecule has 0 amide bonds. The second-order valence-electron chi connectivity index (χ2n) is 4.88. The van der Waals surface area contributed by atoms with E-state index in [9.17, 15) is 0 Å². The summed E-state index contributed by atoms with van der Waals surface area (Å²) in [6.45, 7) is 2.13. The molecule has 0 fully saturated rings. The smallest absolute Gasteiger partial charge is 0.123 e. The molecule has 2 aromatic rings. The lowest BCUT2D eigenvalue weighted by Gasteiger charge is -2.12. The van der Waals surface area contributed by atoms with Crippen LogP contribution in [0.5, 0.6) is 0 Å². The van der Waals surface area contributed by atoms with Gasteiger partial charge in [-0.2, -0.15) is 0 Å². The molecule has 1 aliphatic rings. The van der Waals surface area contributed by atoms with E-state index in [1.54, 1.807) is 0 Å². The summed E-state index contributed by atoms with van der Waals surface area (Å²) in [7, 11) is 0. The van der Waals surface area contributed by atoms with Crippen LogP contribution in [0.3, 0.4) is 0 Å². The molecule has 0 saturated heterocycles. The van der Waals surface area contributed by atoms with Crippen LogP contribution in [-0.2, 0) is 19.3 Å². The standard InChI is InChI=1S/C15H17N3/c1-2-9-6-7-13-11(8-9)14(15(16)17)10-4-3-5-12(10)18-13/h6-8H,2-5H2,1H3,(H3,16,17). The second-order valence-corrected chi connectivity index (χ2v) is 4.88. The Kier molecular flexibility index (Phi) is 2.54. The van der Waals surface area contributed by atoms with Gasteiger partial charge >= 0.3 is 0 Å². The normalized spacial score (nSPS) is 13.8. The molecule has 0 radical (unpaired) electrons. The highest BCUT2D eigenvalue weighted by Crippen LogP contribution is 2.30. The van der Waals surface area contributed by atoms with Crippen molar-refractivity contribution in [2.45, 2.75) is 32.6 Å². The Labute approximate surface area is 107 Å². The molecular weight excluding hydrogens is 222 g/mol. The van der Waals surface area contributed by atoms with Gasteiger partial charge in [0.05, 0.1) is 5.52 Å². The van der Waals surface area contributed by atoms with Crippen molar-refractivity contribution < 1.29 is 0 Å². The largest absolute Gasteiger partial charge is 0.384 e. The summed E-state index contributed by atoms with van der Waals surface area (Å²) in [5.74, 6) is 0.175. The number of nitrogen functional groups attached to an aromatic ring is 1. The van der Waals surface area contributed by atoms with E-state index in [0.717, 1.165) is 47.8 Å². The maximum absolute atomic E-state index is 7.86. The Morgan fingerprint density at radius 2 is 2.22 bits per heavy atom. The van der Waals surface area contributed by atoms with E-state index in [2.05, 4.69) is 25.1 Å². The first-order valence-electron chi connectivity index (χ1n) is 6.49. The number of hydrogen-bond donors (Lipinski definition) is 2. The minimum atomic E-state index is 0.175. The number of amidine groups is 1. The summed E-state index contributed by atoms with van der Waals surface area (Å²) in [6, 6.07) is 6.30. The van der Waals surface area contributed by atoms with Crippen molar-refractivity contribution in [1.82, 2.24) is 4.98 Å². The number of pyridine rings is 1. The first-order valence-corrected chi connectivity index (χ1v) is 6.49. The fraction of sp³-hybridized carbons (Fsp3) is 0.333. The van der Waals surface area contributed by atoms with E-state index in [1.807, 2.05) is 0 Å². The topological polar surface area (TPSA) is 62.8 Å². The Morgan fingerprint density at radius 1 is 1.39 bits per heavy atom. The minimum Gasteiger partial charge on any atom is -0.384 e. The van der Waals surface area contributed by atoms with Crippen molar-refractivity contribution in [2.24, 2.45) is 5.73 Å². The van der Waals surface area contributed by atoms with E-state index in [0.29, 0.717) is 0 Å². The van der Waals surface area contributed by atoms with E-state index < -0.39 is 0 Å². The van der Waals surface area contributed by atoms with Gasteiger partial charge in [-0.1, -0.05) is 13.0 Å². The number of benzene rings is 1. The molecule has 0 atom stereocenters. The zero-order valence-corrected chi connectivity index (χ0v) is 10.6. The second kappa shape index (κ2) is 4.09. The average molecular weight is 239 g/mol. The SMILES string of the molecule is CCc1ccc2nc3c(c(C(=N)N)c2c1)CCC3. The molecule has 3 rings (SSSR count). The number of hydrogen-bond acceptors (Lipinski definition) is 2. The Balaban J connectivity index is 2.39. The third-order valence-electron chi connectivity index (χ3n) is 3.75. The summed E-state index contributed by atoms with van der Waals surface area (Å²) in [5, 5.41) is 8.91. The molecule has 0 bridgehead atoms. The summed E-state index contributed by atoms with van der Waals surface area (Å²) >= 11 is 0. The highest BCUT2D eigenvalue weighted by Gasteiger charge is 2.20. The molecule has 3 nitrogen and oxygen atoms in total. The quantitative estimate of drug-likeness (QED) is 0.625. The monoisotopic (exact) mass is 239 g/mol. The van der Waals surface area contributed by atoms with Crippen LogP contribution in [0.15, 0.2) is 18.2 Å². The minimum absolute atomic E-state index is 0.175. The predicted octanol–water partition coefficient (Wildman–Crippen LogP) is 2.57. The molecule has 3 N–H and O–H groups in total. The first kappa shape index (κ1) is 11.2. The average Bonchev–Trinajstić information content (AvgIpc) is 2.82. The van der Waals surface area contributed by atoms with Crippen LogP contribution in [0.25, 0.3) is 10.9 Å². The number of nitrogens with two attached hydrogens (primary N) is 1. The van der Waals surface area contributed by atoms with E-state index in [4.69, 9.17) is 16.1 Å². The molecule has 1 aromatic carbocycles. The van der Waals surface area contributed by atoms with Crippen molar-refractivity contribution in [1.29, 1.82) is 5.41 Å². The van der Waals surface area contributed by atoms with Gasteiger partial charge in [0.15, 0.2) is 0 Å². The summed E-state index contributed by atoms with van der Waals surface area (Å²) in [6.07, 6.45) is 4.13. The van der Waals surface area contributed by atoms with Crippen LogP contribution >= 0.6 is 0 Å². The van der Waals surface area contributed by atoms with E-state index in [1.165, 1.54) is 11.1 Å². The van der Waals surface area contributed by atoms with Gasteiger partial charge in [0.2, 0.25) is 0 Å². The third kappa shape index (κ3) is 1.58. The summed E-state index contributed by atoms with van der Waals surface area (Å²) < 4.78 is 0. The number of nitrogens with zero attached hydrogens (tertiary/aromatic N) is 1. The van der Waals surface area contributed by atoms with Gasteiger partial charge in [-0.3, -0.25) is 10.4 Å². The van der Waals surface area contributed by atoms with Gasteiger partial charge in [-0.15, -0.1) is 0 Å². The van der Waals surface area contributed by atoms with Crippen LogP contribution in [-0.4, -0.2) is 10.8 Å². The first-order chi connectivity index (χ1) is 8.70. The molecule has 18 heavy (non-hydrogen) atoms.